The van der Waals surface area contributed by atoms with Gasteiger partial charge in [0, 0.05) is 12.4 Å². The van der Waals surface area contributed by atoms with Crippen molar-refractivity contribution in [3.05, 3.63) is 18.7 Å². The number of carboxylic acid groups (broad SMARTS) is 1. The zero-order valence-electron chi connectivity index (χ0n) is 7.21. The molecular weight excluding hydrogens is 174 g/mol. The lowest BCUT2D eigenvalue weighted by Crippen LogP contribution is -2.39. The van der Waals surface area contributed by atoms with E-state index in [-0.39, 0.29) is 0 Å². The van der Waals surface area contributed by atoms with Crippen molar-refractivity contribution in [3.63, 3.8) is 0 Å². The van der Waals surface area contributed by atoms with E-state index in [4.69, 9.17) is 15.9 Å². The van der Waals surface area contributed by atoms with Crippen molar-refractivity contribution in [1.82, 2.24) is 9.97 Å². The van der Waals surface area contributed by atoms with Gasteiger partial charge in [0.2, 0.25) is 0 Å². The van der Waals surface area contributed by atoms with Crippen LogP contribution in [0.3, 0.4) is 0 Å². The lowest BCUT2D eigenvalue weighted by Gasteiger charge is -2.06. The minimum atomic E-state index is -1.18. The number of aromatic nitrogens is 2. The lowest BCUT2D eigenvalue weighted by molar-refractivity contribution is -0.140. The van der Waals surface area contributed by atoms with Crippen molar-refractivity contribution in [3.8, 4) is 0 Å². The van der Waals surface area contributed by atoms with Crippen LogP contribution in [0.2, 0.25) is 0 Å². The van der Waals surface area contributed by atoms with Crippen LogP contribution in [0.15, 0.2) is 18.7 Å². The van der Waals surface area contributed by atoms with Gasteiger partial charge in [-0.25, -0.2) is 4.98 Å². The summed E-state index contributed by atoms with van der Waals surface area (Å²) < 4.78 is 0. The molecule has 1 rings (SSSR count). The van der Waals surface area contributed by atoms with Crippen LogP contribution in [0.5, 0.6) is 0 Å². The largest absolute Gasteiger partial charge is 0.480 e. The lowest BCUT2D eigenvalue weighted by atomic mass is 10.2. The molecule has 0 aromatic carbocycles. The van der Waals surface area contributed by atoms with Gasteiger partial charge in [-0.2, -0.15) is 0 Å². The second kappa shape index (κ2) is 6.15. The normalized spacial score (nSPS) is 13.8. The number of carbonyl (C=O) groups is 1. The van der Waals surface area contributed by atoms with E-state index in [1.807, 2.05) is 0 Å². The molecule has 6 nitrogen and oxygen atoms in total. The van der Waals surface area contributed by atoms with Crippen molar-refractivity contribution >= 4 is 5.97 Å². The maximum atomic E-state index is 9.86. The van der Waals surface area contributed by atoms with E-state index in [1.54, 1.807) is 18.7 Å². The molecule has 0 fully saturated rings. The summed E-state index contributed by atoms with van der Waals surface area (Å²) in [5, 5.41) is 16.6. The number of H-pyrrole nitrogens is 1. The van der Waals surface area contributed by atoms with E-state index >= 15 is 0 Å². The summed E-state index contributed by atoms with van der Waals surface area (Å²) in [6, 6.07) is -1.16. The average Bonchev–Trinajstić information content (AvgIpc) is 2.59. The number of rotatable bonds is 2. The van der Waals surface area contributed by atoms with Gasteiger partial charge in [0.05, 0.1) is 12.4 Å². The Hall–Kier alpha value is -1.40. The predicted octanol–water partition coefficient (Wildman–Crippen LogP) is -0.811. The summed E-state index contributed by atoms with van der Waals surface area (Å²) in [7, 11) is 0. The number of aromatic amines is 1. The summed E-state index contributed by atoms with van der Waals surface area (Å²) >= 11 is 0. The molecule has 0 unspecified atom stereocenters. The predicted molar refractivity (Wildman–Crippen MR) is 45.9 cm³/mol. The number of aliphatic carboxylic acids is 1. The van der Waals surface area contributed by atoms with Gasteiger partial charge in [-0.05, 0) is 6.92 Å². The highest BCUT2D eigenvalue weighted by Crippen LogP contribution is 1.85. The fourth-order valence-corrected chi connectivity index (χ4v) is 0.422. The summed E-state index contributed by atoms with van der Waals surface area (Å²) in [6.07, 6.45) is 4.10. The third-order valence-corrected chi connectivity index (χ3v) is 1.21. The van der Waals surface area contributed by atoms with E-state index < -0.39 is 18.1 Å². The third kappa shape index (κ3) is 5.83. The first kappa shape index (κ1) is 11.6. The zero-order valence-corrected chi connectivity index (χ0v) is 7.21. The number of nitrogens with one attached hydrogen (secondary N) is 1. The molecule has 2 atom stereocenters. The highest BCUT2D eigenvalue weighted by molar-refractivity contribution is 5.73. The molecule has 0 bridgehead atoms. The molecule has 1 aromatic heterocycles. The number of aliphatic hydroxyl groups is 1. The van der Waals surface area contributed by atoms with Gasteiger partial charge in [-0.3, -0.25) is 4.79 Å². The Bertz CT molecular complexity index is 206. The van der Waals surface area contributed by atoms with Crippen molar-refractivity contribution < 1.29 is 15.0 Å². The summed E-state index contributed by atoms with van der Waals surface area (Å²) in [6.45, 7) is 1.33. The number of hydrogen-bond donors (Lipinski definition) is 4. The summed E-state index contributed by atoms with van der Waals surface area (Å²) in [4.78, 5) is 16.3. The molecule has 0 aliphatic heterocycles. The van der Waals surface area contributed by atoms with Crippen LogP contribution in [0, 0.1) is 0 Å². The van der Waals surface area contributed by atoms with E-state index in [2.05, 4.69) is 9.97 Å². The minimum absolute atomic E-state index is 0.979. The first-order valence-corrected chi connectivity index (χ1v) is 3.65. The molecule has 1 heterocycles. The number of nitrogens with two attached hydrogens (primary N) is 1. The quantitative estimate of drug-likeness (QED) is 0.483. The maximum absolute atomic E-state index is 9.86. The third-order valence-electron chi connectivity index (χ3n) is 1.21. The molecule has 5 N–H and O–H groups in total. The summed E-state index contributed by atoms with van der Waals surface area (Å²) in [5.41, 5.74) is 4.91. The first-order valence-electron chi connectivity index (χ1n) is 3.65. The van der Waals surface area contributed by atoms with Gasteiger partial charge in [0.25, 0.3) is 0 Å². The van der Waals surface area contributed by atoms with Crippen LogP contribution in [0.4, 0.5) is 0 Å². The van der Waals surface area contributed by atoms with Gasteiger partial charge in [-0.1, -0.05) is 0 Å². The van der Waals surface area contributed by atoms with Crippen LogP contribution < -0.4 is 5.73 Å². The fourth-order valence-electron chi connectivity index (χ4n) is 0.422. The smallest absolute Gasteiger partial charge is 0.323 e. The number of imidazole rings is 1. The molecule has 0 amide bonds. The molecule has 0 aliphatic carbocycles. The molecule has 74 valence electrons. The van der Waals surface area contributed by atoms with Gasteiger partial charge in [-0.15, -0.1) is 0 Å². The zero-order chi connectivity index (χ0) is 10.3. The van der Waals surface area contributed by atoms with Crippen LogP contribution in [-0.4, -0.2) is 38.3 Å². The molecular formula is C7H13N3O3. The van der Waals surface area contributed by atoms with E-state index in [1.165, 1.54) is 6.92 Å². The fraction of sp³-hybridized carbons (Fsp3) is 0.429. The number of nitrogens with zero attached hydrogens (tertiary/aromatic N) is 1. The Kier molecular flexibility index (Phi) is 5.49. The molecule has 1 aromatic rings. The average molecular weight is 187 g/mol. The van der Waals surface area contributed by atoms with Gasteiger partial charge in [0.1, 0.15) is 6.04 Å². The molecule has 13 heavy (non-hydrogen) atoms. The molecule has 0 saturated heterocycles. The van der Waals surface area contributed by atoms with E-state index in [0.29, 0.717) is 0 Å². The SMILES string of the molecule is C[C@@H](O)[C@H](N)C(=O)O.c1c[nH]cn1. The van der Waals surface area contributed by atoms with Crippen LogP contribution in [0.1, 0.15) is 6.92 Å². The molecule has 0 radical (unpaired) electrons. The topological polar surface area (TPSA) is 112 Å². The van der Waals surface area contributed by atoms with Crippen LogP contribution in [-0.2, 0) is 4.79 Å². The number of carboxylic acids is 1. The first-order chi connectivity index (χ1) is 6.05. The van der Waals surface area contributed by atoms with Crippen molar-refractivity contribution in [2.75, 3.05) is 0 Å². The van der Waals surface area contributed by atoms with Crippen LogP contribution in [0.25, 0.3) is 0 Å². The van der Waals surface area contributed by atoms with Crippen molar-refractivity contribution in [2.45, 2.75) is 19.1 Å². The van der Waals surface area contributed by atoms with Gasteiger partial charge < -0.3 is 20.9 Å². The van der Waals surface area contributed by atoms with Crippen molar-refractivity contribution in [1.29, 1.82) is 0 Å². The maximum Gasteiger partial charge on any atom is 0.323 e. The molecule has 0 spiro atoms. The number of aliphatic hydroxyl groups excluding tert-OH is 1. The highest BCUT2D eigenvalue weighted by Gasteiger charge is 2.16. The minimum Gasteiger partial charge on any atom is -0.480 e. The summed E-state index contributed by atoms with van der Waals surface area (Å²) in [5.74, 6) is -1.18. The second-order valence-electron chi connectivity index (χ2n) is 2.37. The van der Waals surface area contributed by atoms with E-state index in [9.17, 15) is 4.79 Å². The molecule has 0 saturated carbocycles. The van der Waals surface area contributed by atoms with Gasteiger partial charge in [0.15, 0.2) is 0 Å². The van der Waals surface area contributed by atoms with Gasteiger partial charge >= 0.3 is 5.97 Å². The Morgan fingerprint density at radius 1 is 1.69 bits per heavy atom. The van der Waals surface area contributed by atoms with Crippen LogP contribution >= 0.6 is 0 Å². The Labute approximate surface area is 75.4 Å². The second-order valence-corrected chi connectivity index (χ2v) is 2.37. The van der Waals surface area contributed by atoms with Crippen molar-refractivity contribution in [2.24, 2.45) is 5.73 Å². The highest BCUT2D eigenvalue weighted by atomic mass is 16.4. The van der Waals surface area contributed by atoms with E-state index in [0.717, 1.165) is 0 Å². The number of hydrogen-bond acceptors (Lipinski definition) is 4. The molecule has 0 aliphatic rings. The Morgan fingerprint density at radius 2 is 2.31 bits per heavy atom. The Morgan fingerprint density at radius 3 is 2.38 bits per heavy atom. The monoisotopic (exact) mass is 187 g/mol. The standard InChI is InChI=1S/C4H9NO3.C3H4N2/c1-2(6)3(5)4(7)8;1-2-5-3-4-1/h2-3,6H,5H2,1H3,(H,7,8);1-3H,(H,4,5)/t2-,3+;/m1./s1. The Balaban J connectivity index is 0.000000243. The molecule has 6 heteroatoms.